The SMILES string of the molecule is C[C@@H]1CN(S(C)(=O)=O)CC[C@H]1NCc1ccccc1F. The fraction of sp³-hybridized carbons (Fsp3) is 0.571. The molecule has 1 heterocycles. The monoisotopic (exact) mass is 300 g/mol. The number of rotatable bonds is 4. The van der Waals surface area contributed by atoms with E-state index in [1.807, 2.05) is 13.0 Å². The van der Waals surface area contributed by atoms with Gasteiger partial charge in [0, 0.05) is 31.2 Å². The van der Waals surface area contributed by atoms with Crippen LogP contribution >= 0.6 is 0 Å². The van der Waals surface area contributed by atoms with Crippen molar-refractivity contribution in [3.8, 4) is 0 Å². The second-order valence-corrected chi connectivity index (χ2v) is 7.45. The van der Waals surface area contributed by atoms with Crippen molar-refractivity contribution in [3.63, 3.8) is 0 Å². The molecule has 1 N–H and O–H groups in total. The first kappa shape index (κ1) is 15.4. The minimum Gasteiger partial charge on any atom is -0.309 e. The van der Waals surface area contributed by atoms with Gasteiger partial charge >= 0.3 is 0 Å². The van der Waals surface area contributed by atoms with Crippen molar-refractivity contribution < 1.29 is 12.8 Å². The van der Waals surface area contributed by atoms with E-state index in [-0.39, 0.29) is 17.8 Å². The summed E-state index contributed by atoms with van der Waals surface area (Å²) in [4.78, 5) is 0. The molecule has 0 aromatic heterocycles. The van der Waals surface area contributed by atoms with E-state index >= 15 is 0 Å². The Morgan fingerprint density at radius 3 is 2.70 bits per heavy atom. The lowest BCUT2D eigenvalue weighted by Crippen LogP contribution is -2.49. The number of sulfonamides is 1. The Morgan fingerprint density at radius 1 is 1.40 bits per heavy atom. The normalized spacial score (nSPS) is 24.8. The van der Waals surface area contributed by atoms with Gasteiger partial charge in [0.1, 0.15) is 5.82 Å². The fourth-order valence-corrected chi connectivity index (χ4v) is 3.54. The maximum absolute atomic E-state index is 13.5. The minimum absolute atomic E-state index is 0.207. The van der Waals surface area contributed by atoms with Gasteiger partial charge in [0.2, 0.25) is 10.0 Å². The molecule has 112 valence electrons. The van der Waals surface area contributed by atoms with Crippen molar-refractivity contribution in [1.82, 2.24) is 9.62 Å². The van der Waals surface area contributed by atoms with Gasteiger partial charge in [0.15, 0.2) is 0 Å². The number of benzene rings is 1. The second-order valence-electron chi connectivity index (χ2n) is 5.47. The highest BCUT2D eigenvalue weighted by molar-refractivity contribution is 7.88. The highest BCUT2D eigenvalue weighted by atomic mass is 32.2. The molecule has 0 bridgehead atoms. The van der Waals surface area contributed by atoms with Gasteiger partial charge < -0.3 is 5.32 Å². The van der Waals surface area contributed by atoms with Crippen LogP contribution in [0.2, 0.25) is 0 Å². The first-order valence-corrected chi connectivity index (χ1v) is 8.64. The van der Waals surface area contributed by atoms with Crippen LogP contribution in [0.25, 0.3) is 0 Å². The van der Waals surface area contributed by atoms with E-state index in [9.17, 15) is 12.8 Å². The van der Waals surface area contributed by atoms with Gasteiger partial charge in [-0.2, -0.15) is 0 Å². The third-order valence-corrected chi connectivity index (χ3v) is 5.12. The number of piperidine rings is 1. The van der Waals surface area contributed by atoms with E-state index in [2.05, 4.69) is 5.32 Å². The zero-order valence-corrected chi connectivity index (χ0v) is 12.7. The Labute approximate surface area is 120 Å². The quantitative estimate of drug-likeness (QED) is 0.918. The van der Waals surface area contributed by atoms with Gasteiger partial charge in [-0.3, -0.25) is 0 Å². The molecule has 6 heteroatoms. The Balaban J connectivity index is 1.91. The van der Waals surface area contributed by atoms with Gasteiger partial charge in [0.05, 0.1) is 6.26 Å². The molecule has 2 rings (SSSR count). The summed E-state index contributed by atoms with van der Waals surface area (Å²) in [6, 6.07) is 6.92. The van der Waals surface area contributed by atoms with Crippen LogP contribution in [0, 0.1) is 11.7 Å². The van der Waals surface area contributed by atoms with Crippen LogP contribution in [0.3, 0.4) is 0 Å². The predicted molar refractivity (Wildman–Crippen MR) is 77.2 cm³/mol. The highest BCUT2D eigenvalue weighted by Crippen LogP contribution is 2.19. The molecule has 0 radical (unpaired) electrons. The van der Waals surface area contributed by atoms with Gasteiger partial charge in [-0.1, -0.05) is 25.1 Å². The number of nitrogens with zero attached hydrogens (tertiary/aromatic N) is 1. The molecule has 1 saturated heterocycles. The van der Waals surface area contributed by atoms with E-state index in [1.165, 1.54) is 16.6 Å². The summed E-state index contributed by atoms with van der Waals surface area (Å²) in [5, 5.41) is 3.34. The Bertz CT molecular complexity index is 562. The molecule has 4 nitrogen and oxygen atoms in total. The van der Waals surface area contributed by atoms with Gasteiger partial charge in [-0.25, -0.2) is 17.1 Å². The molecular formula is C14H21FN2O2S. The number of hydrogen-bond donors (Lipinski definition) is 1. The second kappa shape index (κ2) is 6.20. The van der Waals surface area contributed by atoms with Crippen LogP contribution in [-0.4, -0.2) is 38.1 Å². The number of nitrogens with one attached hydrogen (secondary N) is 1. The van der Waals surface area contributed by atoms with Gasteiger partial charge in [-0.05, 0) is 18.4 Å². The van der Waals surface area contributed by atoms with E-state index < -0.39 is 10.0 Å². The Morgan fingerprint density at radius 2 is 2.10 bits per heavy atom. The van der Waals surface area contributed by atoms with Crippen molar-refractivity contribution >= 4 is 10.0 Å². The largest absolute Gasteiger partial charge is 0.309 e. The van der Waals surface area contributed by atoms with Crippen molar-refractivity contribution in [2.45, 2.75) is 25.9 Å². The average Bonchev–Trinajstić information content (AvgIpc) is 2.38. The van der Waals surface area contributed by atoms with E-state index in [0.29, 0.717) is 25.2 Å². The standard InChI is InChI=1S/C14H21FN2O2S/c1-11-10-17(20(2,18)19)8-7-14(11)16-9-12-5-3-4-6-13(12)15/h3-6,11,14,16H,7-10H2,1-2H3/t11-,14-/m1/s1. The average molecular weight is 300 g/mol. The van der Waals surface area contributed by atoms with Crippen molar-refractivity contribution in [3.05, 3.63) is 35.6 Å². The summed E-state index contributed by atoms with van der Waals surface area (Å²) in [6.07, 6.45) is 2.00. The zero-order chi connectivity index (χ0) is 14.8. The van der Waals surface area contributed by atoms with Crippen molar-refractivity contribution in [1.29, 1.82) is 0 Å². The van der Waals surface area contributed by atoms with Crippen LogP contribution < -0.4 is 5.32 Å². The van der Waals surface area contributed by atoms with E-state index in [0.717, 1.165) is 6.42 Å². The molecular weight excluding hydrogens is 279 g/mol. The first-order valence-electron chi connectivity index (χ1n) is 6.80. The fourth-order valence-electron chi connectivity index (χ4n) is 2.59. The molecule has 0 unspecified atom stereocenters. The molecule has 1 aromatic rings. The van der Waals surface area contributed by atoms with Crippen molar-refractivity contribution in [2.24, 2.45) is 5.92 Å². The molecule has 0 aliphatic carbocycles. The summed E-state index contributed by atoms with van der Waals surface area (Å²) in [5.74, 6) is 0.00599. The third-order valence-electron chi connectivity index (χ3n) is 3.85. The third kappa shape index (κ3) is 3.77. The first-order chi connectivity index (χ1) is 9.38. The summed E-state index contributed by atoms with van der Waals surface area (Å²) in [5.41, 5.74) is 0.644. The molecule has 1 fully saturated rings. The number of hydrogen-bond acceptors (Lipinski definition) is 3. The maximum atomic E-state index is 13.5. The smallest absolute Gasteiger partial charge is 0.211 e. The Hall–Kier alpha value is -0.980. The summed E-state index contributed by atoms with van der Waals surface area (Å²) < 4.78 is 38.1. The molecule has 20 heavy (non-hydrogen) atoms. The predicted octanol–water partition coefficient (Wildman–Crippen LogP) is 1.59. The summed E-state index contributed by atoms with van der Waals surface area (Å²) >= 11 is 0. The lowest BCUT2D eigenvalue weighted by atomic mass is 9.95. The molecule has 0 amide bonds. The summed E-state index contributed by atoms with van der Waals surface area (Å²) in [6.45, 7) is 3.54. The Kier molecular flexibility index (Phi) is 4.78. The molecule has 0 spiro atoms. The van der Waals surface area contributed by atoms with E-state index in [4.69, 9.17) is 0 Å². The highest BCUT2D eigenvalue weighted by Gasteiger charge is 2.30. The van der Waals surface area contributed by atoms with Crippen LogP contribution in [-0.2, 0) is 16.6 Å². The number of halogens is 1. The van der Waals surface area contributed by atoms with Gasteiger partial charge in [-0.15, -0.1) is 0 Å². The van der Waals surface area contributed by atoms with Crippen LogP contribution in [0.5, 0.6) is 0 Å². The lowest BCUT2D eigenvalue weighted by Gasteiger charge is -2.36. The van der Waals surface area contributed by atoms with Crippen LogP contribution in [0.4, 0.5) is 4.39 Å². The van der Waals surface area contributed by atoms with Crippen LogP contribution in [0.15, 0.2) is 24.3 Å². The zero-order valence-electron chi connectivity index (χ0n) is 11.8. The molecule has 2 atom stereocenters. The molecule has 1 aromatic carbocycles. The maximum Gasteiger partial charge on any atom is 0.211 e. The van der Waals surface area contributed by atoms with E-state index in [1.54, 1.807) is 12.1 Å². The summed E-state index contributed by atoms with van der Waals surface area (Å²) in [7, 11) is -3.11. The minimum atomic E-state index is -3.11. The molecule has 1 aliphatic rings. The molecule has 1 aliphatic heterocycles. The van der Waals surface area contributed by atoms with Crippen LogP contribution in [0.1, 0.15) is 18.9 Å². The van der Waals surface area contributed by atoms with Crippen molar-refractivity contribution in [2.75, 3.05) is 19.3 Å². The lowest BCUT2D eigenvalue weighted by molar-refractivity contribution is 0.219. The molecule has 0 saturated carbocycles. The van der Waals surface area contributed by atoms with Gasteiger partial charge in [0.25, 0.3) is 0 Å². The topological polar surface area (TPSA) is 49.4 Å².